The van der Waals surface area contributed by atoms with Gasteiger partial charge in [-0.05, 0) is 18.6 Å². The van der Waals surface area contributed by atoms with Gasteiger partial charge in [-0.2, -0.15) is 0 Å². The van der Waals surface area contributed by atoms with E-state index in [1.807, 2.05) is 12.1 Å². The van der Waals surface area contributed by atoms with Crippen molar-refractivity contribution in [3.05, 3.63) is 24.3 Å². The first kappa shape index (κ1) is 16.6. The quantitative estimate of drug-likeness (QED) is 0.346. The highest BCUT2D eigenvalue weighted by atomic mass is 16.6. The topological polar surface area (TPSA) is 106 Å². The second-order valence-electron chi connectivity index (χ2n) is 4.89. The Morgan fingerprint density at radius 1 is 1.13 bits per heavy atom. The van der Waals surface area contributed by atoms with E-state index in [-0.39, 0.29) is 12.6 Å². The fourth-order valence-corrected chi connectivity index (χ4v) is 1.98. The summed E-state index contributed by atoms with van der Waals surface area (Å²) in [7, 11) is 0. The summed E-state index contributed by atoms with van der Waals surface area (Å²) in [6.07, 6.45) is 0.783. The van der Waals surface area contributed by atoms with E-state index in [0.29, 0.717) is 44.0 Å². The van der Waals surface area contributed by atoms with E-state index in [4.69, 9.17) is 9.47 Å². The Bertz CT molecular complexity index is 564. The van der Waals surface area contributed by atoms with E-state index in [0.717, 1.165) is 0 Å². The number of amides is 3. The molecule has 0 aromatic heterocycles. The van der Waals surface area contributed by atoms with Crippen LogP contribution in [0, 0.1) is 0 Å². The number of fused-ring (bicyclic) bond motifs is 1. The Labute approximate surface area is 133 Å². The fraction of sp³-hybridized carbons (Fsp3) is 0.400. The molecule has 124 valence electrons. The molecule has 2 rings (SSSR count). The van der Waals surface area contributed by atoms with Gasteiger partial charge in [-0.1, -0.05) is 12.1 Å². The van der Waals surface area contributed by atoms with Crippen LogP contribution in [0.25, 0.3) is 0 Å². The highest BCUT2D eigenvalue weighted by Crippen LogP contribution is 2.30. The zero-order chi connectivity index (χ0) is 16.5. The third-order valence-electron chi connectivity index (χ3n) is 3.13. The summed E-state index contributed by atoms with van der Waals surface area (Å²) < 4.78 is 11.2. The van der Waals surface area contributed by atoms with E-state index < -0.39 is 11.8 Å². The first-order valence-electron chi connectivity index (χ1n) is 7.32. The minimum absolute atomic E-state index is 0.174. The molecule has 1 heterocycles. The molecule has 1 aliphatic heterocycles. The van der Waals surface area contributed by atoms with Crippen LogP contribution in [0.4, 0.5) is 0 Å². The monoisotopic (exact) mass is 321 g/mol. The van der Waals surface area contributed by atoms with Gasteiger partial charge in [0, 0.05) is 13.1 Å². The van der Waals surface area contributed by atoms with Crippen molar-refractivity contribution >= 4 is 18.2 Å². The second kappa shape index (κ2) is 8.62. The lowest BCUT2D eigenvalue weighted by Gasteiger charge is -2.26. The van der Waals surface area contributed by atoms with Gasteiger partial charge in [0.15, 0.2) is 11.5 Å². The first-order valence-corrected chi connectivity index (χ1v) is 7.32. The van der Waals surface area contributed by atoms with Crippen molar-refractivity contribution in [2.45, 2.75) is 12.5 Å². The van der Waals surface area contributed by atoms with Crippen LogP contribution in [0.3, 0.4) is 0 Å². The summed E-state index contributed by atoms with van der Waals surface area (Å²) in [6.45, 7) is 1.23. The van der Waals surface area contributed by atoms with E-state index in [1.165, 1.54) is 0 Å². The van der Waals surface area contributed by atoms with E-state index in [1.54, 1.807) is 12.1 Å². The summed E-state index contributed by atoms with van der Waals surface area (Å²) >= 11 is 0. The van der Waals surface area contributed by atoms with Crippen molar-refractivity contribution in [1.29, 1.82) is 0 Å². The SMILES string of the molecule is O=CNCCCNC(=O)C(=O)NCC1COc2ccccc2O1. The standard InChI is InChI=1S/C15H19N3O5/c19-10-16-6-3-7-17-14(20)15(21)18-8-11-9-22-12-4-1-2-5-13(12)23-11/h1-2,4-5,10-11H,3,6-9H2,(H,16,19)(H,17,20)(H,18,21). The normalized spacial score (nSPS) is 15.4. The summed E-state index contributed by atoms with van der Waals surface area (Å²) in [6, 6.07) is 7.26. The summed E-state index contributed by atoms with van der Waals surface area (Å²) in [4.78, 5) is 33.3. The molecule has 0 spiro atoms. The van der Waals surface area contributed by atoms with Crippen LogP contribution in [0.2, 0.25) is 0 Å². The van der Waals surface area contributed by atoms with Crippen LogP contribution in [0.5, 0.6) is 11.5 Å². The maximum absolute atomic E-state index is 11.7. The molecular weight excluding hydrogens is 302 g/mol. The smallest absolute Gasteiger partial charge is 0.309 e. The number of carbonyl (C=O) groups excluding carboxylic acids is 3. The lowest BCUT2D eigenvalue weighted by Crippen LogP contribution is -2.46. The zero-order valence-corrected chi connectivity index (χ0v) is 12.5. The number of nitrogens with one attached hydrogen (secondary N) is 3. The van der Waals surface area contributed by atoms with Crippen molar-refractivity contribution in [3.63, 3.8) is 0 Å². The lowest BCUT2D eigenvalue weighted by molar-refractivity contribution is -0.139. The lowest BCUT2D eigenvalue weighted by atomic mass is 10.2. The summed E-state index contributed by atoms with van der Waals surface area (Å²) in [5, 5.41) is 7.44. The molecule has 1 aliphatic rings. The van der Waals surface area contributed by atoms with Crippen molar-refractivity contribution in [3.8, 4) is 11.5 Å². The molecule has 3 N–H and O–H groups in total. The highest BCUT2D eigenvalue weighted by Gasteiger charge is 2.22. The largest absolute Gasteiger partial charge is 0.486 e. The molecule has 0 bridgehead atoms. The molecule has 8 nitrogen and oxygen atoms in total. The Morgan fingerprint density at radius 2 is 1.87 bits per heavy atom. The van der Waals surface area contributed by atoms with Crippen LogP contribution in [0.1, 0.15) is 6.42 Å². The average Bonchev–Trinajstić information content (AvgIpc) is 2.59. The number of ether oxygens (including phenoxy) is 2. The number of benzene rings is 1. The number of hydrogen-bond donors (Lipinski definition) is 3. The van der Waals surface area contributed by atoms with Crippen LogP contribution in [-0.2, 0) is 14.4 Å². The van der Waals surface area contributed by atoms with Crippen molar-refractivity contribution in [1.82, 2.24) is 16.0 Å². The fourth-order valence-electron chi connectivity index (χ4n) is 1.98. The molecule has 8 heteroatoms. The molecule has 0 aliphatic carbocycles. The third-order valence-corrected chi connectivity index (χ3v) is 3.13. The van der Waals surface area contributed by atoms with Crippen LogP contribution in [0.15, 0.2) is 24.3 Å². The van der Waals surface area contributed by atoms with Gasteiger partial charge in [0.05, 0.1) is 6.54 Å². The van der Waals surface area contributed by atoms with E-state index in [9.17, 15) is 14.4 Å². The van der Waals surface area contributed by atoms with Crippen LogP contribution < -0.4 is 25.4 Å². The number of para-hydroxylation sites is 2. The zero-order valence-electron chi connectivity index (χ0n) is 12.5. The molecule has 1 atom stereocenters. The van der Waals surface area contributed by atoms with Gasteiger partial charge < -0.3 is 25.4 Å². The van der Waals surface area contributed by atoms with Gasteiger partial charge in [0.2, 0.25) is 6.41 Å². The number of hydrogen-bond acceptors (Lipinski definition) is 5. The van der Waals surface area contributed by atoms with E-state index in [2.05, 4.69) is 16.0 Å². The van der Waals surface area contributed by atoms with Gasteiger partial charge in [0.1, 0.15) is 12.7 Å². The minimum Gasteiger partial charge on any atom is -0.486 e. The van der Waals surface area contributed by atoms with E-state index >= 15 is 0 Å². The van der Waals surface area contributed by atoms with Crippen LogP contribution in [-0.4, -0.2) is 50.6 Å². The molecule has 0 saturated carbocycles. The predicted molar refractivity (Wildman–Crippen MR) is 81.1 cm³/mol. The predicted octanol–water partition coefficient (Wildman–Crippen LogP) is -0.805. The van der Waals surface area contributed by atoms with Crippen molar-refractivity contribution < 1.29 is 23.9 Å². The maximum atomic E-state index is 11.7. The Kier molecular flexibility index (Phi) is 6.22. The average molecular weight is 321 g/mol. The minimum atomic E-state index is -0.726. The maximum Gasteiger partial charge on any atom is 0.309 e. The molecule has 1 aromatic carbocycles. The summed E-state index contributed by atoms with van der Waals surface area (Å²) in [5.41, 5.74) is 0. The number of rotatable bonds is 7. The molecule has 3 amide bonds. The molecule has 23 heavy (non-hydrogen) atoms. The highest BCUT2D eigenvalue weighted by molar-refractivity contribution is 6.35. The Morgan fingerprint density at radius 3 is 2.65 bits per heavy atom. The van der Waals surface area contributed by atoms with Crippen molar-refractivity contribution in [2.24, 2.45) is 0 Å². The molecule has 1 aromatic rings. The molecular formula is C15H19N3O5. The third kappa shape index (κ3) is 5.17. The molecule has 1 unspecified atom stereocenters. The molecule has 0 saturated heterocycles. The first-order chi connectivity index (χ1) is 11.2. The van der Waals surface area contributed by atoms with Crippen LogP contribution >= 0.6 is 0 Å². The van der Waals surface area contributed by atoms with Crippen molar-refractivity contribution in [2.75, 3.05) is 26.2 Å². The van der Waals surface area contributed by atoms with Gasteiger partial charge in [-0.3, -0.25) is 14.4 Å². The van der Waals surface area contributed by atoms with Gasteiger partial charge in [0.25, 0.3) is 0 Å². The summed E-state index contributed by atoms with van der Waals surface area (Å²) in [5.74, 6) is -0.161. The second-order valence-corrected chi connectivity index (χ2v) is 4.89. The Balaban J connectivity index is 1.66. The molecule has 0 fully saturated rings. The van der Waals surface area contributed by atoms with Gasteiger partial charge in [-0.15, -0.1) is 0 Å². The number of carbonyl (C=O) groups is 3. The van der Waals surface area contributed by atoms with Gasteiger partial charge >= 0.3 is 11.8 Å². The van der Waals surface area contributed by atoms with Gasteiger partial charge in [-0.25, -0.2) is 0 Å². The molecule has 0 radical (unpaired) electrons. The Hall–Kier alpha value is -2.77.